The topological polar surface area (TPSA) is 20.2 Å². The molecule has 1 nitrogen and oxygen atoms in total. The number of benzene rings is 1. The van der Waals surface area contributed by atoms with Crippen LogP contribution < -0.4 is 0 Å². The second-order valence-corrected chi connectivity index (χ2v) is 6.11. The monoisotopic (exact) mass is 234 g/mol. The fraction of sp³-hybridized carbons (Fsp3) is 0.429. The molecule has 2 unspecified atom stereocenters. The Balaban J connectivity index is 2.04. The van der Waals surface area contributed by atoms with Gasteiger partial charge in [-0.25, -0.2) is 0 Å². The summed E-state index contributed by atoms with van der Waals surface area (Å²) in [5.41, 5.74) is 1.31. The molecule has 0 fully saturated rings. The maximum Gasteiger partial charge on any atom is 0.0519 e. The third kappa shape index (κ3) is 2.33. The van der Waals surface area contributed by atoms with Gasteiger partial charge in [0.1, 0.15) is 0 Å². The van der Waals surface area contributed by atoms with Gasteiger partial charge in [-0.3, -0.25) is 0 Å². The number of aliphatic hydroxyl groups is 1. The molecular formula is C14H18OS. The van der Waals surface area contributed by atoms with Crippen molar-refractivity contribution in [3.05, 3.63) is 42.5 Å². The summed E-state index contributed by atoms with van der Waals surface area (Å²) < 4.78 is 0. The maximum absolute atomic E-state index is 9.38. The highest BCUT2D eigenvalue weighted by Gasteiger charge is 2.29. The second-order valence-electron chi connectivity index (χ2n) is 4.77. The zero-order chi connectivity index (χ0) is 11.6. The van der Waals surface area contributed by atoms with Crippen LogP contribution in [0.25, 0.3) is 0 Å². The van der Waals surface area contributed by atoms with Gasteiger partial charge in [-0.15, -0.1) is 18.3 Å². The number of thioether (sulfide) groups is 1. The Morgan fingerprint density at radius 3 is 2.94 bits per heavy atom. The molecule has 0 radical (unpaired) electrons. The average Bonchev–Trinajstić information content (AvgIpc) is 2.70. The van der Waals surface area contributed by atoms with E-state index >= 15 is 0 Å². The molecule has 1 aliphatic rings. The van der Waals surface area contributed by atoms with Gasteiger partial charge in [0.2, 0.25) is 0 Å². The van der Waals surface area contributed by atoms with E-state index in [0.717, 1.165) is 12.8 Å². The van der Waals surface area contributed by atoms with Crippen molar-refractivity contribution in [2.45, 2.75) is 29.9 Å². The Labute approximate surface area is 102 Å². The fourth-order valence-electron chi connectivity index (χ4n) is 2.10. The summed E-state index contributed by atoms with van der Waals surface area (Å²) in [6.45, 7) is 6.08. The van der Waals surface area contributed by atoms with Crippen molar-refractivity contribution in [2.75, 3.05) is 6.61 Å². The van der Waals surface area contributed by atoms with E-state index < -0.39 is 0 Å². The molecule has 86 valence electrons. The lowest BCUT2D eigenvalue weighted by atomic mass is 9.85. The molecular weight excluding hydrogens is 216 g/mol. The predicted molar refractivity (Wildman–Crippen MR) is 69.8 cm³/mol. The van der Waals surface area contributed by atoms with Gasteiger partial charge < -0.3 is 5.11 Å². The van der Waals surface area contributed by atoms with Gasteiger partial charge in [0, 0.05) is 15.6 Å². The fourth-order valence-corrected chi connectivity index (χ4v) is 3.65. The second kappa shape index (κ2) is 4.64. The van der Waals surface area contributed by atoms with E-state index in [9.17, 15) is 5.11 Å². The van der Waals surface area contributed by atoms with E-state index in [1.165, 1.54) is 10.5 Å². The molecule has 0 bridgehead atoms. The Hall–Kier alpha value is -0.730. The molecule has 1 heterocycles. The largest absolute Gasteiger partial charge is 0.395 e. The maximum atomic E-state index is 9.38. The number of fused-ring (bicyclic) bond motifs is 1. The first-order valence-electron chi connectivity index (χ1n) is 5.66. The minimum atomic E-state index is -0.139. The Morgan fingerprint density at radius 1 is 1.56 bits per heavy atom. The van der Waals surface area contributed by atoms with E-state index in [1.54, 1.807) is 0 Å². The zero-order valence-electron chi connectivity index (χ0n) is 9.65. The van der Waals surface area contributed by atoms with E-state index in [2.05, 4.69) is 37.8 Å². The summed E-state index contributed by atoms with van der Waals surface area (Å²) in [4.78, 5) is 1.40. The minimum Gasteiger partial charge on any atom is -0.395 e. The first kappa shape index (κ1) is 11.7. The molecule has 0 saturated carbocycles. The van der Waals surface area contributed by atoms with Crippen molar-refractivity contribution in [3.63, 3.8) is 0 Å². The number of aliphatic hydroxyl groups excluding tert-OH is 1. The van der Waals surface area contributed by atoms with E-state index in [1.807, 2.05) is 17.8 Å². The van der Waals surface area contributed by atoms with Crippen LogP contribution in [0.2, 0.25) is 0 Å². The smallest absolute Gasteiger partial charge is 0.0519 e. The van der Waals surface area contributed by atoms with Crippen LogP contribution in [0.15, 0.2) is 41.8 Å². The molecule has 0 aliphatic carbocycles. The minimum absolute atomic E-state index is 0.139. The summed E-state index contributed by atoms with van der Waals surface area (Å²) in [6, 6.07) is 8.57. The molecule has 0 saturated heterocycles. The highest BCUT2D eigenvalue weighted by Crippen LogP contribution is 2.42. The van der Waals surface area contributed by atoms with E-state index in [0.29, 0.717) is 5.25 Å². The molecule has 0 aromatic heterocycles. The van der Waals surface area contributed by atoms with Crippen molar-refractivity contribution in [1.82, 2.24) is 0 Å². The summed E-state index contributed by atoms with van der Waals surface area (Å²) in [5.74, 6) is 0. The molecule has 1 N–H and O–H groups in total. The zero-order valence-corrected chi connectivity index (χ0v) is 10.5. The standard InChI is InChI=1S/C14H18OS/c1-3-14(2,10-15)9-12-8-11-6-4-5-7-13(11)16-12/h3-7,12,15H,1,8-10H2,2H3. The molecule has 2 rings (SSSR count). The lowest BCUT2D eigenvalue weighted by Gasteiger charge is -2.25. The van der Waals surface area contributed by atoms with Crippen LogP contribution in [0.5, 0.6) is 0 Å². The summed E-state index contributed by atoms with van der Waals surface area (Å²) in [7, 11) is 0. The molecule has 0 amide bonds. The Morgan fingerprint density at radius 2 is 2.31 bits per heavy atom. The molecule has 2 heteroatoms. The summed E-state index contributed by atoms with van der Waals surface area (Å²) in [6.07, 6.45) is 3.99. The number of hydrogen-bond acceptors (Lipinski definition) is 2. The van der Waals surface area contributed by atoms with Crippen LogP contribution in [0.4, 0.5) is 0 Å². The van der Waals surface area contributed by atoms with Crippen molar-refractivity contribution in [2.24, 2.45) is 5.41 Å². The Kier molecular flexibility index (Phi) is 3.41. The average molecular weight is 234 g/mol. The normalized spacial score (nSPS) is 22.5. The van der Waals surface area contributed by atoms with Gasteiger partial charge in [-0.05, 0) is 24.5 Å². The van der Waals surface area contributed by atoms with Gasteiger partial charge in [-0.2, -0.15) is 0 Å². The van der Waals surface area contributed by atoms with Crippen LogP contribution >= 0.6 is 11.8 Å². The molecule has 1 aromatic rings. The van der Waals surface area contributed by atoms with Crippen LogP contribution in [-0.2, 0) is 6.42 Å². The van der Waals surface area contributed by atoms with Crippen molar-refractivity contribution < 1.29 is 5.11 Å². The molecule has 0 spiro atoms. The lowest BCUT2D eigenvalue weighted by molar-refractivity contribution is 0.175. The van der Waals surface area contributed by atoms with Crippen molar-refractivity contribution >= 4 is 11.8 Å². The van der Waals surface area contributed by atoms with Gasteiger partial charge in [0.25, 0.3) is 0 Å². The quantitative estimate of drug-likeness (QED) is 0.807. The van der Waals surface area contributed by atoms with Crippen LogP contribution in [0, 0.1) is 5.41 Å². The van der Waals surface area contributed by atoms with E-state index in [-0.39, 0.29) is 12.0 Å². The lowest BCUT2D eigenvalue weighted by Crippen LogP contribution is -2.23. The highest BCUT2D eigenvalue weighted by atomic mass is 32.2. The van der Waals surface area contributed by atoms with Crippen molar-refractivity contribution in [1.29, 1.82) is 0 Å². The van der Waals surface area contributed by atoms with Gasteiger partial charge in [0.15, 0.2) is 0 Å². The van der Waals surface area contributed by atoms with Crippen LogP contribution in [0.3, 0.4) is 0 Å². The highest BCUT2D eigenvalue weighted by molar-refractivity contribution is 8.00. The number of hydrogen-bond donors (Lipinski definition) is 1. The molecule has 16 heavy (non-hydrogen) atoms. The molecule has 2 atom stereocenters. The Bertz CT molecular complexity index is 363. The van der Waals surface area contributed by atoms with Crippen LogP contribution in [-0.4, -0.2) is 17.0 Å². The number of rotatable bonds is 4. The molecule has 1 aromatic carbocycles. The third-order valence-corrected chi connectivity index (χ3v) is 4.58. The summed E-state index contributed by atoms with van der Waals surface area (Å²) >= 11 is 1.93. The molecule has 1 aliphatic heterocycles. The van der Waals surface area contributed by atoms with Gasteiger partial charge >= 0.3 is 0 Å². The first-order valence-corrected chi connectivity index (χ1v) is 6.54. The first-order chi connectivity index (χ1) is 7.67. The van der Waals surface area contributed by atoms with Crippen LogP contribution in [0.1, 0.15) is 18.9 Å². The van der Waals surface area contributed by atoms with E-state index in [4.69, 9.17) is 0 Å². The van der Waals surface area contributed by atoms with Gasteiger partial charge in [0.05, 0.1) is 6.61 Å². The third-order valence-electron chi connectivity index (χ3n) is 3.26. The SMILES string of the molecule is C=CC(C)(CO)CC1Cc2ccccc2S1. The van der Waals surface area contributed by atoms with Gasteiger partial charge in [-0.1, -0.05) is 31.2 Å². The predicted octanol–water partition coefficient (Wildman–Crippen LogP) is 3.28. The van der Waals surface area contributed by atoms with Crippen molar-refractivity contribution in [3.8, 4) is 0 Å². The summed E-state index contributed by atoms with van der Waals surface area (Å²) in [5, 5.41) is 9.96.